The number of rotatable bonds is 3. The highest BCUT2D eigenvalue weighted by molar-refractivity contribution is 5.88. The molecule has 2 unspecified atom stereocenters. The molecule has 104 valence electrons. The first kappa shape index (κ1) is 13.8. The first-order valence-corrected chi connectivity index (χ1v) is 6.48. The normalized spacial score (nSPS) is 23.1. The number of nitrogens with one attached hydrogen (secondary N) is 1. The molecule has 1 aliphatic rings. The van der Waals surface area contributed by atoms with Gasteiger partial charge in [0.1, 0.15) is 0 Å². The van der Waals surface area contributed by atoms with Gasteiger partial charge in [-0.25, -0.2) is 13.6 Å². The number of aromatic carboxylic acids is 1. The third kappa shape index (κ3) is 2.85. The minimum Gasteiger partial charge on any atom is -0.478 e. The van der Waals surface area contributed by atoms with Gasteiger partial charge in [0.2, 0.25) is 0 Å². The van der Waals surface area contributed by atoms with E-state index in [1.54, 1.807) is 0 Å². The van der Waals surface area contributed by atoms with E-state index in [1.165, 1.54) is 6.07 Å². The summed E-state index contributed by atoms with van der Waals surface area (Å²) in [5.74, 6) is -3.48. The highest BCUT2D eigenvalue weighted by Crippen LogP contribution is 2.29. The van der Waals surface area contributed by atoms with Crippen molar-refractivity contribution in [3.8, 4) is 0 Å². The molecule has 19 heavy (non-hydrogen) atoms. The molecule has 1 aromatic rings. The average Bonchev–Trinajstić information content (AvgIpc) is 2.37. The fourth-order valence-corrected chi connectivity index (χ4v) is 2.56. The number of halogens is 2. The van der Waals surface area contributed by atoms with Gasteiger partial charge in [0.05, 0.1) is 11.3 Å². The molecule has 5 heteroatoms. The molecular weight excluding hydrogens is 252 g/mol. The maximum absolute atomic E-state index is 13.8. The van der Waals surface area contributed by atoms with Gasteiger partial charge in [0.15, 0.2) is 11.6 Å². The van der Waals surface area contributed by atoms with Crippen molar-refractivity contribution in [3.63, 3.8) is 0 Å². The third-order valence-corrected chi connectivity index (χ3v) is 3.77. The average molecular weight is 269 g/mol. The third-order valence-electron chi connectivity index (χ3n) is 3.77. The van der Waals surface area contributed by atoms with Crippen molar-refractivity contribution >= 4 is 11.7 Å². The highest BCUT2D eigenvalue weighted by Gasteiger charge is 2.24. The molecule has 0 heterocycles. The van der Waals surface area contributed by atoms with E-state index in [0.29, 0.717) is 5.92 Å². The van der Waals surface area contributed by atoms with Crippen LogP contribution in [0, 0.1) is 17.6 Å². The van der Waals surface area contributed by atoms with Gasteiger partial charge in [-0.2, -0.15) is 0 Å². The van der Waals surface area contributed by atoms with E-state index in [4.69, 9.17) is 5.11 Å². The van der Waals surface area contributed by atoms with Gasteiger partial charge in [0.25, 0.3) is 0 Å². The molecule has 1 aliphatic carbocycles. The number of carboxylic acids is 1. The number of carbonyl (C=O) groups is 1. The fourth-order valence-electron chi connectivity index (χ4n) is 2.56. The number of hydrogen-bond acceptors (Lipinski definition) is 2. The van der Waals surface area contributed by atoms with Crippen LogP contribution < -0.4 is 5.32 Å². The Morgan fingerprint density at radius 1 is 1.26 bits per heavy atom. The molecule has 2 atom stereocenters. The van der Waals surface area contributed by atoms with Crippen molar-refractivity contribution in [2.75, 3.05) is 5.32 Å². The van der Waals surface area contributed by atoms with Gasteiger partial charge < -0.3 is 10.4 Å². The minimum absolute atomic E-state index is 0.0428. The van der Waals surface area contributed by atoms with Crippen LogP contribution in [0.15, 0.2) is 12.1 Å². The second kappa shape index (κ2) is 5.55. The second-order valence-electron chi connectivity index (χ2n) is 5.11. The molecule has 0 saturated heterocycles. The quantitative estimate of drug-likeness (QED) is 0.880. The predicted molar refractivity (Wildman–Crippen MR) is 68.4 cm³/mol. The lowest BCUT2D eigenvalue weighted by Crippen LogP contribution is -2.30. The summed E-state index contributed by atoms with van der Waals surface area (Å²) in [5.41, 5.74) is -0.596. The van der Waals surface area contributed by atoms with Gasteiger partial charge in [-0.05, 0) is 30.9 Å². The zero-order valence-electron chi connectivity index (χ0n) is 10.7. The zero-order chi connectivity index (χ0) is 14.0. The number of hydrogen-bond donors (Lipinski definition) is 2. The molecule has 1 saturated carbocycles. The van der Waals surface area contributed by atoms with E-state index in [-0.39, 0.29) is 11.7 Å². The number of carboxylic acid groups (broad SMARTS) is 1. The van der Waals surface area contributed by atoms with E-state index in [2.05, 4.69) is 12.2 Å². The smallest absolute Gasteiger partial charge is 0.338 e. The Kier molecular flexibility index (Phi) is 4.02. The molecule has 0 aromatic heterocycles. The van der Waals surface area contributed by atoms with Crippen molar-refractivity contribution < 1.29 is 18.7 Å². The van der Waals surface area contributed by atoms with E-state index in [9.17, 15) is 13.6 Å². The van der Waals surface area contributed by atoms with E-state index in [1.807, 2.05) is 0 Å². The second-order valence-corrected chi connectivity index (χ2v) is 5.11. The summed E-state index contributed by atoms with van der Waals surface area (Å²) in [6.45, 7) is 2.08. The van der Waals surface area contributed by atoms with Crippen LogP contribution in [-0.2, 0) is 0 Å². The Morgan fingerprint density at radius 3 is 2.58 bits per heavy atom. The van der Waals surface area contributed by atoms with Crippen LogP contribution in [0.25, 0.3) is 0 Å². The Balaban J connectivity index is 2.21. The molecule has 0 radical (unpaired) electrons. The van der Waals surface area contributed by atoms with Crippen LogP contribution in [0.5, 0.6) is 0 Å². The fraction of sp³-hybridized carbons (Fsp3) is 0.500. The molecule has 3 nitrogen and oxygen atoms in total. The van der Waals surface area contributed by atoms with Gasteiger partial charge in [-0.15, -0.1) is 0 Å². The summed E-state index contributed by atoms with van der Waals surface area (Å²) in [5, 5.41) is 11.7. The zero-order valence-corrected chi connectivity index (χ0v) is 10.7. The Morgan fingerprint density at radius 2 is 1.95 bits per heavy atom. The van der Waals surface area contributed by atoms with Crippen molar-refractivity contribution in [2.45, 2.75) is 38.6 Å². The monoisotopic (exact) mass is 269 g/mol. The minimum atomic E-state index is -1.46. The van der Waals surface area contributed by atoms with Gasteiger partial charge in [0, 0.05) is 6.04 Å². The van der Waals surface area contributed by atoms with Crippen molar-refractivity contribution in [2.24, 2.45) is 5.92 Å². The number of benzene rings is 1. The Bertz CT molecular complexity index is 491. The molecule has 0 spiro atoms. The van der Waals surface area contributed by atoms with Crippen LogP contribution in [-0.4, -0.2) is 17.1 Å². The van der Waals surface area contributed by atoms with Gasteiger partial charge in [-0.3, -0.25) is 0 Å². The Labute approximate surface area is 110 Å². The Hall–Kier alpha value is -1.65. The van der Waals surface area contributed by atoms with Crippen molar-refractivity contribution in [3.05, 3.63) is 29.3 Å². The molecule has 2 rings (SSSR count). The molecule has 0 bridgehead atoms. The summed E-state index contributed by atoms with van der Waals surface area (Å²) in [6.07, 6.45) is 4.21. The van der Waals surface area contributed by atoms with Crippen LogP contribution in [0.2, 0.25) is 0 Å². The lowest BCUT2D eigenvalue weighted by atomic mass is 9.86. The van der Waals surface area contributed by atoms with E-state index >= 15 is 0 Å². The van der Waals surface area contributed by atoms with Crippen LogP contribution in [0.4, 0.5) is 14.5 Å². The van der Waals surface area contributed by atoms with E-state index < -0.39 is 23.2 Å². The maximum Gasteiger partial charge on any atom is 0.338 e. The maximum atomic E-state index is 13.8. The molecule has 0 amide bonds. The predicted octanol–water partition coefficient (Wildman–Crippen LogP) is 3.65. The number of anilines is 1. The van der Waals surface area contributed by atoms with Crippen molar-refractivity contribution in [1.29, 1.82) is 0 Å². The lowest BCUT2D eigenvalue weighted by Gasteiger charge is -2.30. The lowest BCUT2D eigenvalue weighted by molar-refractivity contribution is 0.0690. The largest absolute Gasteiger partial charge is 0.478 e. The molecule has 1 fully saturated rings. The van der Waals surface area contributed by atoms with E-state index in [0.717, 1.165) is 31.7 Å². The highest BCUT2D eigenvalue weighted by atomic mass is 19.2. The first-order chi connectivity index (χ1) is 9.00. The molecular formula is C14H17F2NO2. The SMILES string of the molecule is CC1CCCCC1Nc1ccc(C(=O)O)c(F)c1F. The van der Waals surface area contributed by atoms with Crippen LogP contribution in [0.1, 0.15) is 43.0 Å². The topological polar surface area (TPSA) is 49.3 Å². The summed E-state index contributed by atoms with van der Waals surface area (Å²) >= 11 is 0. The summed E-state index contributed by atoms with van der Waals surface area (Å²) < 4.78 is 27.4. The summed E-state index contributed by atoms with van der Waals surface area (Å²) in [6, 6.07) is 2.50. The van der Waals surface area contributed by atoms with Crippen molar-refractivity contribution in [1.82, 2.24) is 0 Å². The summed E-state index contributed by atoms with van der Waals surface area (Å²) in [7, 11) is 0. The first-order valence-electron chi connectivity index (χ1n) is 6.48. The van der Waals surface area contributed by atoms with Gasteiger partial charge in [-0.1, -0.05) is 19.8 Å². The molecule has 2 N–H and O–H groups in total. The van der Waals surface area contributed by atoms with Crippen LogP contribution >= 0.6 is 0 Å². The molecule has 0 aliphatic heterocycles. The molecule has 1 aromatic carbocycles. The summed E-state index contributed by atoms with van der Waals surface area (Å²) in [4.78, 5) is 10.7. The standard InChI is InChI=1S/C14H17F2NO2/c1-8-4-2-3-5-10(8)17-11-7-6-9(14(18)19)12(15)13(11)16/h6-8,10,17H,2-5H2,1H3,(H,18,19). The van der Waals surface area contributed by atoms with Crippen LogP contribution in [0.3, 0.4) is 0 Å². The van der Waals surface area contributed by atoms with Gasteiger partial charge >= 0.3 is 5.97 Å².